The van der Waals surface area contributed by atoms with Crippen molar-refractivity contribution < 1.29 is 14.3 Å². The zero-order valence-electron chi connectivity index (χ0n) is 10.0. The van der Waals surface area contributed by atoms with Crippen molar-refractivity contribution in [2.75, 3.05) is 0 Å². The number of amides is 1. The van der Waals surface area contributed by atoms with E-state index in [9.17, 15) is 9.59 Å². The van der Waals surface area contributed by atoms with Crippen molar-refractivity contribution in [1.82, 2.24) is 5.32 Å². The number of allylic oxidation sites excluding steroid dienone is 1. The van der Waals surface area contributed by atoms with Crippen LogP contribution >= 0.6 is 0 Å². The van der Waals surface area contributed by atoms with Gasteiger partial charge < -0.3 is 14.8 Å². The lowest BCUT2D eigenvalue weighted by Crippen LogP contribution is -2.43. The van der Waals surface area contributed by atoms with Gasteiger partial charge in [0.2, 0.25) is 0 Å². The molecule has 0 radical (unpaired) electrons. The zero-order valence-corrected chi connectivity index (χ0v) is 10.0. The molecule has 0 aliphatic heterocycles. The summed E-state index contributed by atoms with van der Waals surface area (Å²) in [6, 6.07) is -0.235. The lowest BCUT2D eigenvalue weighted by atomic mass is 9.91. The third kappa shape index (κ3) is 4.04. The highest BCUT2D eigenvalue weighted by Crippen LogP contribution is 2.17. The summed E-state index contributed by atoms with van der Waals surface area (Å²) in [4.78, 5) is 22.3. The summed E-state index contributed by atoms with van der Waals surface area (Å²) in [6.45, 7) is 5.42. The van der Waals surface area contributed by atoms with E-state index >= 15 is 0 Å². The topological polar surface area (TPSA) is 55.4 Å². The van der Waals surface area contributed by atoms with Gasteiger partial charge in [-0.2, -0.15) is 0 Å². The Morgan fingerprint density at radius 3 is 2.75 bits per heavy atom. The highest BCUT2D eigenvalue weighted by Gasteiger charge is 2.25. The number of nitrogens with one attached hydrogen (secondary N) is 1. The van der Waals surface area contributed by atoms with Crippen LogP contribution in [0.15, 0.2) is 12.2 Å². The van der Waals surface area contributed by atoms with Crippen molar-refractivity contribution >= 4 is 12.4 Å². The maximum Gasteiger partial charge on any atom is 0.408 e. The smallest absolute Gasteiger partial charge is 0.408 e. The standard InChI is InChI=1S/C12H19NO3/c1-12(2,3)16-11(15)13-10-7-5-4-6-9(10)8-14/h5,7-10H,4,6H2,1-3H3,(H,13,15). The van der Waals surface area contributed by atoms with Crippen LogP contribution in [-0.4, -0.2) is 24.0 Å². The molecular formula is C12H19NO3. The van der Waals surface area contributed by atoms with Gasteiger partial charge in [0.25, 0.3) is 0 Å². The highest BCUT2D eigenvalue weighted by atomic mass is 16.6. The molecule has 0 saturated heterocycles. The van der Waals surface area contributed by atoms with E-state index in [4.69, 9.17) is 4.74 Å². The Labute approximate surface area is 96.0 Å². The molecular weight excluding hydrogens is 206 g/mol. The fourth-order valence-electron chi connectivity index (χ4n) is 1.61. The number of carbonyl (C=O) groups excluding carboxylic acids is 2. The molecule has 0 aromatic rings. The van der Waals surface area contributed by atoms with E-state index in [1.807, 2.05) is 12.2 Å². The Kier molecular flexibility index (Phi) is 4.10. The Hall–Kier alpha value is -1.32. The van der Waals surface area contributed by atoms with Gasteiger partial charge in [-0.15, -0.1) is 0 Å². The second kappa shape index (κ2) is 5.14. The molecule has 1 aliphatic carbocycles. The average molecular weight is 225 g/mol. The van der Waals surface area contributed by atoms with Gasteiger partial charge in [0.1, 0.15) is 11.9 Å². The van der Waals surface area contributed by atoms with Crippen LogP contribution < -0.4 is 5.32 Å². The Bertz CT molecular complexity index is 291. The summed E-state index contributed by atoms with van der Waals surface area (Å²) >= 11 is 0. The van der Waals surface area contributed by atoms with Gasteiger partial charge in [-0.3, -0.25) is 0 Å². The molecule has 2 atom stereocenters. The van der Waals surface area contributed by atoms with E-state index in [0.29, 0.717) is 0 Å². The van der Waals surface area contributed by atoms with Crippen LogP contribution in [0.5, 0.6) is 0 Å². The van der Waals surface area contributed by atoms with Gasteiger partial charge in [0.15, 0.2) is 0 Å². The Morgan fingerprint density at radius 2 is 2.19 bits per heavy atom. The van der Waals surface area contributed by atoms with Crippen molar-refractivity contribution in [2.24, 2.45) is 5.92 Å². The van der Waals surface area contributed by atoms with Crippen LogP contribution in [0.1, 0.15) is 33.6 Å². The number of rotatable bonds is 2. The maximum absolute atomic E-state index is 11.5. The van der Waals surface area contributed by atoms with E-state index in [2.05, 4.69) is 5.32 Å². The summed E-state index contributed by atoms with van der Waals surface area (Å²) in [6.07, 6.45) is 5.91. The van der Waals surface area contributed by atoms with Crippen molar-refractivity contribution in [3.05, 3.63) is 12.2 Å². The molecule has 1 rings (SSSR count). The molecule has 0 fully saturated rings. The number of alkyl carbamates (subject to hydrolysis) is 1. The molecule has 0 bridgehead atoms. The number of ether oxygens (including phenoxy) is 1. The van der Waals surface area contributed by atoms with Crippen molar-refractivity contribution in [2.45, 2.75) is 45.3 Å². The van der Waals surface area contributed by atoms with Crippen LogP contribution in [0.3, 0.4) is 0 Å². The van der Waals surface area contributed by atoms with Crippen LogP contribution in [0.25, 0.3) is 0 Å². The van der Waals surface area contributed by atoms with Gasteiger partial charge in [-0.25, -0.2) is 4.79 Å². The maximum atomic E-state index is 11.5. The summed E-state index contributed by atoms with van der Waals surface area (Å²) in [5, 5.41) is 2.70. The molecule has 1 amide bonds. The largest absolute Gasteiger partial charge is 0.444 e. The van der Waals surface area contributed by atoms with Gasteiger partial charge in [-0.1, -0.05) is 12.2 Å². The predicted molar refractivity (Wildman–Crippen MR) is 61.1 cm³/mol. The molecule has 1 aliphatic rings. The average Bonchev–Trinajstić information content (AvgIpc) is 2.15. The number of aldehydes is 1. The molecule has 90 valence electrons. The first-order chi connectivity index (χ1) is 7.42. The van der Waals surface area contributed by atoms with E-state index in [1.165, 1.54) is 0 Å². The molecule has 0 aromatic carbocycles. The lowest BCUT2D eigenvalue weighted by Gasteiger charge is -2.26. The quantitative estimate of drug-likeness (QED) is 0.578. The first-order valence-electron chi connectivity index (χ1n) is 5.54. The zero-order chi connectivity index (χ0) is 12.2. The molecule has 1 N–H and O–H groups in total. The summed E-state index contributed by atoms with van der Waals surface area (Å²) in [7, 11) is 0. The van der Waals surface area contributed by atoms with Crippen molar-refractivity contribution in [1.29, 1.82) is 0 Å². The molecule has 0 heterocycles. The summed E-state index contributed by atoms with van der Waals surface area (Å²) in [5.74, 6) is -0.141. The first-order valence-corrected chi connectivity index (χ1v) is 5.54. The van der Waals surface area contributed by atoms with Gasteiger partial charge in [0, 0.05) is 5.92 Å². The highest BCUT2D eigenvalue weighted by molar-refractivity contribution is 5.70. The Morgan fingerprint density at radius 1 is 1.50 bits per heavy atom. The molecule has 4 nitrogen and oxygen atoms in total. The van der Waals surface area contributed by atoms with E-state index in [1.54, 1.807) is 20.8 Å². The second-order valence-corrected chi connectivity index (χ2v) is 4.98. The van der Waals surface area contributed by atoms with Crippen LogP contribution in [0.4, 0.5) is 4.79 Å². The third-order valence-corrected chi connectivity index (χ3v) is 2.33. The SMILES string of the molecule is CC(C)(C)OC(=O)NC1C=CCCC1C=O. The normalized spacial score (nSPS) is 24.9. The predicted octanol–water partition coefficient (Wildman–Crippen LogP) is 2.04. The molecule has 0 saturated carbocycles. The monoisotopic (exact) mass is 225 g/mol. The molecule has 0 aromatic heterocycles. The van der Waals surface area contributed by atoms with E-state index in [0.717, 1.165) is 19.1 Å². The van der Waals surface area contributed by atoms with Crippen LogP contribution in [-0.2, 0) is 9.53 Å². The number of hydrogen-bond acceptors (Lipinski definition) is 3. The van der Waals surface area contributed by atoms with Crippen LogP contribution in [0, 0.1) is 5.92 Å². The van der Waals surface area contributed by atoms with E-state index in [-0.39, 0.29) is 12.0 Å². The molecule has 16 heavy (non-hydrogen) atoms. The molecule has 0 spiro atoms. The van der Waals surface area contributed by atoms with Crippen molar-refractivity contribution in [3.8, 4) is 0 Å². The lowest BCUT2D eigenvalue weighted by molar-refractivity contribution is -0.111. The molecule has 4 heteroatoms. The van der Waals surface area contributed by atoms with Crippen LogP contribution in [0.2, 0.25) is 0 Å². The second-order valence-electron chi connectivity index (χ2n) is 4.98. The molecule has 2 unspecified atom stereocenters. The minimum atomic E-state index is -0.515. The first kappa shape index (κ1) is 12.7. The van der Waals surface area contributed by atoms with Gasteiger partial charge in [0.05, 0.1) is 6.04 Å². The number of carbonyl (C=O) groups is 2. The van der Waals surface area contributed by atoms with Crippen molar-refractivity contribution in [3.63, 3.8) is 0 Å². The summed E-state index contributed by atoms with van der Waals surface area (Å²) in [5.41, 5.74) is -0.515. The Balaban J connectivity index is 2.52. The summed E-state index contributed by atoms with van der Waals surface area (Å²) < 4.78 is 5.13. The minimum Gasteiger partial charge on any atom is -0.444 e. The fourth-order valence-corrected chi connectivity index (χ4v) is 1.61. The third-order valence-electron chi connectivity index (χ3n) is 2.33. The van der Waals surface area contributed by atoms with Gasteiger partial charge in [-0.05, 0) is 33.6 Å². The van der Waals surface area contributed by atoms with Gasteiger partial charge >= 0.3 is 6.09 Å². The number of hydrogen-bond donors (Lipinski definition) is 1. The minimum absolute atomic E-state index is 0.141. The fraction of sp³-hybridized carbons (Fsp3) is 0.667. The van der Waals surface area contributed by atoms with E-state index < -0.39 is 11.7 Å².